The van der Waals surface area contributed by atoms with Gasteiger partial charge in [-0.15, -0.1) is 0 Å². The minimum absolute atomic E-state index is 0. The van der Waals surface area contributed by atoms with E-state index in [0.717, 1.165) is 0 Å². The minimum Gasteiger partial charge on any atom is -0.357 e. The Morgan fingerprint density at radius 2 is 0.714 bits per heavy atom. The monoisotopic (exact) mass is 847 g/mol. The minimum atomic E-state index is 0. The van der Waals surface area contributed by atoms with Crippen LogP contribution in [-0.2, 0) is 17.1 Å². The summed E-state index contributed by atoms with van der Waals surface area (Å²) in [7, 11) is 0. The average Bonchev–Trinajstić information content (AvgIpc) is 3.79. The zero-order valence-corrected chi connectivity index (χ0v) is 30.5. The fraction of sp³-hybridized carbons (Fsp3) is 0. The Bertz CT molecular complexity index is 2610. The van der Waals surface area contributed by atoms with Crippen LogP contribution in [0.1, 0.15) is 0 Å². The molecule has 0 saturated carbocycles. The molecule has 8 nitrogen and oxygen atoms in total. The van der Waals surface area contributed by atoms with Gasteiger partial charge in [-0.1, -0.05) is 117 Å². The predicted molar refractivity (Wildman–Crippen MR) is 194 cm³/mol. The van der Waals surface area contributed by atoms with Crippen LogP contribution in [0.5, 0.6) is 0 Å². The Hall–Kier alpha value is -2.92. The van der Waals surface area contributed by atoms with Crippen LogP contribution in [0.4, 0.5) is 0 Å². The van der Waals surface area contributed by atoms with Gasteiger partial charge in [-0.3, -0.25) is 0 Å². The Morgan fingerprint density at radius 1 is 0.367 bits per heavy atom. The molecule has 5 heterocycles. The van der Waals surface area contributed by atoms with E-state index in [1.54, 1.807) is 48.5 Å². The smallest absolute Gasteiger partial charge is 0.357 e. The molecule has 2 aliphatic heterocycles. The first-order chi connectivity index (χ1) is 23.1. The molecule has 0 N–H and O–H groups in total. The third-order valence-electron chi connectivity index (χ3n) is 7.93. The first kappa shape index (κ1) is 33.2. The summed E-state index contributed by atoms with van der Waals surface area (Å²) in [6.07, 6.45) is 0. The Balaban J connectivity index is 0.00000348. The van der Waals surface area contributed by atoms with E-state index < -0.39 is 0 Å². The molecule has 17 heteroatoms. The molecule has 243 valence electrons. The zero-order valence-electron chi connectivity index (χ0n) is 23.5. The number of benzene rings is 4. The maximum atomic E-state index is 6.76. The van der Waals surface area contributed by atoms with Gasteiger partial charge in [0.15, 0.2) is 0 Å². The first-order valence-electron chi connectivity index (χ1n) is 13.7. The second kappa shape index (κ2) is 12.1. The van der Waals surface area contributed by atoms with Gasteiger partial charge in [0.25, 0.3) is 0 Å². The Kier molecular flexibility index (Phi) is 8.21. The van der Waals surface area contributed by atoms with Crippen LogP contribution in [0.2, 0.25) is 40.2 Å². The van der Waals surface area contributed by atoms with Crippen LogP contribution < -0.4 is 9.97 Å². The standard InChI is InChI=1S/C32H8Cl8N8.Cu/c33-13-5-1-9-17(21(13)37)29-41-25(9)45-30-18-10(2-6-14(34)22(18)38)27(42-30)47-32-20-12(4-8-16(36)24(20)40)28(44-32)48-31-19-11(26(43-31)46-29)3-7-15(35)23(19)39;/h1-8H;/q-2;+2. The van der Waals surface area contributed by atoms with Gasteiger partial charge < -0.3 is 29.9 Å². The molecule has 0 amide bonds. The zero-order chi connectivity index (χ0) is 33.2. The number of rotatable bonds is 0. The van der Waals surface area contributed by atoms with E-state index >= 15 is 0 Å². The van der Waals surface area contributed by atoms with Gasteiger partial charge in [0.05, 0.1) is 63.5 Å². The molecule has 7 aromatic rings. The van der Waals surface area contributed by atoms with Crippen molar-refractivity contribution in [2.45, 2.75) is 0 Å². The molecule has 9 rings (SSSR count). The van der Waals surface area contributed by atoms with Gasteiger partial charge in [-0.25, -0.2) is 9.97 Å². The molecular formula is C32H8Cl8CuN8. The van der Waals surface area contributed by atoms with Crippen LogP contribution in [0.15, 0.2) is 48.5 Å². The van der Waals surface area contributed by atoms with Crippen LogP contribution in [-0.4, -0.2) is 29.9 Å². The van der Waals surface area contributed by atoms with Gasteiger partial charge in [-0.05, 0) is 35.0 Å². The molecule has 0 saturated heterocycles. The van der Waals surface area contributed by atoms with E-state index in [4.69, 9.17) is 133 Å². The number of fused-ring (bicyclic) bond motifs is 20. The molecule has 3 aromatic heterocycles. The molecular weight excluding hydrogens is 844 g/mol. The summed E-state index contributed by atoms with van der Waals surface area (Å²) >= 11 is 52.9. The molecule has 1 radical (unpaired) electrons. The maximum Gasteiger partial charge on any atom is 2.00 e. The fourth-order valence-corrected chi connectivity index (χ4v) is 7.38. The van der Waals surface area contributed by atoms with Crippen molar-refractivity contribution in [3.05, 3.63) is 88.7 Å². The van der Waals surface area contributed by atoms with Crippen LogP contribution in [0.3, 0.4) is 0 Å². The van der Waals surface area contributed by atoms with Crippen molar-refractivity contribution in [1.29, 1.82) is 0 Å². The summed E-state index contributed by atoms with van der Waals surface area (Å²) in [4.78, 5) is 38.5. The number of hydrogen-bond acceptors (Lipinski definition) is 6. The van der Waals surface area contributed by atoms with E-state index in [-0.39, 0.29) is 83.0 Å². The van der Waals surface area contributed by atoms with E-state index in [9.17, 15) is 0 Å². The summed E-state index contributed by atoms with van der Waals surface area (Å²) in [5.41, 5.74) is 2.89. The number of halogens is 8. The molecule has 0 aliphatic carbocycles. The number of nitrogens with zero attached hydrogens (tertiary/aromatic N) is 8. The topological polar surface area (TPSA) is 106 Å². The van der Waals surface area contributed by atoms with Crippen LogP contribution in [0.25, 0.3) is 89.7 Å². The third-order valence-corrected chi connectivity index (χ3v) is 11.1. The van der Waals surface area contributed by atoms with E-state index in [1.807, 2.05) is 0 Å². The normalized spacial score (nSPS) is 11.9. The van der Waals surface area contributed by atoms with Gasteiger partial charge in [0.1, 0.15) is 0 Å². The average molecular weight is 852 g/mol. The second-order valence-electron chi connectivity index (χ2n) is 10.6. The Labute approximate surface area is 325 Å². The summed E-state index contributed by atoms with van der Waals surface area (Å²) in [5.74, 6) is 0.885. The first-order valence-corrected chi connectivity index (χ1v) is 16.8. The molecule has 0 spiro atoms. The summed E-state index contributed by atoms with van der Waals surface area (Å²) < 4.78 is 0. The second-order valence-corrected chi connectivity index (χ2v) is 13.8. The van der Waals surface area contributed by atoms with Gasteiger partial charge >= 0.3 is 17.1 Å². The molecule has 0 fully saturated rings. The van der Waals surface area contributed by atoms with Crippen LogP contribution >= 0.6 is 92.8 Å². The van der Waals surface area contributed by atoms with E-state index in [1.165, 1.54) is 0 Å². The van der Waals surface area contributed by atoms with E-state index in [2.05, 4.69) is 0 Å². The maximum absolute atomic E-state index is 6.76. The predicted octanol–water partition coefficient (Wildman–Crippen LogP) is 11.4. The third kappa shape index (κ3) is 5.02. The van der Waals surface area contributed by atoms with Crippen molar-refractivity contribution in [3.63, 3.8) is 0 Å². The van der Waals surface area contributed by atoms with E-state index in [0.29, 0.717) is 63.9 Å². The quantitative estimate of drug-likeness (QED) is 0.139. The van der Waals surface area contributed by atoms with Gasteiger partial charge in [0, 0.05) is 55.6 Å². The number of aromatic nitrogens is 8. The van der Waals surface area contributed by atoms with Crippen LogP contribution in [0, 0.1) is 0 Å². The SMILES string of the molecule is Clc1ccc2c(c1Cl)-c1nc-2nc2[n-]c(nc3nc(nc4[n-]c(n1)c1ccc(Cl)c(Cl)c41)-c1ccc(Cl)c(Cl)c1-3)c1ccc(Cl)c(Cl)c21.[Cu+2]. The van der Waals surface area contributed by atoms with Crippen molar-refractivity contribution >= 4 is 137 Å². The van der Waals surface area contributed by atoms with Crippen molar-refractivity contribution in [3.8, 4) is 45.6 Å². The summed E-state index contributed by atoms with van der Waals surface area (Å²) in [6, 6.07) is 13.6. The molecule has 8 bridgehead atoms. The van der Waals surface area contributed by atoms with Crippen molar-refractivity contribution in [1.82, 2.24) is 39.9 Å². The van der Waals surface area contributed by atoms with Gasteiger partial charge in [0.2, 0.25) is 0 Å². The fourth-order valence-electron chi connectivity index (χ4n) is 5.75. The summed E-state index contributed by atoms with van der Waals surface area (Å²) in [5, 5.41) is 4.12. The molecule has 2 aliphatic rings. The Morgan fingerprint density at radius 3 is 1.12 bits per heavy atom. The van der Waals surface area contributed by atoms with Crippen molar-refractivity contribution in [2.75, 3.05) is 0 Å². The molecule has 4 aromatic carbocycles. The van der Waals surface area contributed by atoms with Crippen molar-refractivity contribution < 1.29 is 17.1 Å². The van der Waals surface area contributed by atoms with Gasteiger partial charge in [-0.2, -0.15) is 0 Å². The number of hydrogen-bond donors (Lipinski definition) is 0. The molecule has 0 atom stereocenters. The summed E-state index contributed by atoms with van der Waals surface area (Å²) in [6.45, 7) is 0. The van der Waals surface area contributed by atoms with Crippen molar-refractivity contribution in [2.24, 2.45) is 0 Å². The largest absolute Gasteiger partial charge is 2.00 e. The molecule has 0 unspecified atom stereocenters. The molecule has 49 heavy (non-hydrogen) atoms.